The first-order valence-electron chi connectivity index (χ1n) is 5.50. The first-order valence-corrected chi connectivity index (χ1v) is 6.29. The van der Waals surface area contributed by atoms with Crippen LogP contribution >= 0.6 is 15.9 Å². The lowest BCUT2D eigenvalue weighted by atomic mass is 10.2. The van der Waals surface area contributed by atoms with E-state index in [-0.39, 0.29) is 5.91 Å². The van der Waals surface area contributed by atoms with Crippen molar-refractivity contribution in [3.8, 4) is 11.8 Å². The summed E-state index contributed by atoms with van der Waals surface area (Å²) >= 11 is 3.36. The molecular weight excluding hydrogens is 308 g/mol. The van der Waals surface area contributed by atoms with Crippen molar-refractivity contribution < 1.29 is 4.79 Å². The van der Waals surface area contributed by atoms with Crippen molar-refractivity contribution in [2.24, 2.45) is 0 Å². The molecule has 2 aromatic rings. The van der Waals surface area contributed by atoms with Crippen molar-refractivity contribution in [2.45, 2.75) is 0 Å². The average molecular weight is 319 g/mol. The Kier molecular flexibility index (Phi) is 3.67. The fourth-order valence-electron chi connectivity index (χ4n) is 1.59. The molecule has 0 aliphatic heterocycles. The Morgan fingerprint density at radius 3 is 2.79 bits per heavy atom. The lowest BCUT2D eigenvalue weighted by Gasteiger charge is -2.07. The van der Waals surface area contributed by atoms with Gasteiger partial charge < -0.3 is 4.90 Å². The van der Waals surface area contributed by atoms with Gasteiger partial charge in [-0.05, 0) is 24.3 Å². The highest BCUT2D eigenvalue weighted by Crippen LogP contribution is 2.19. The number of amides is 1. The molecule has 0 saturated heterocycles. The summed E-state index contributed by atoms with van der Waals surface area (Å²) in [5, 5.41) is 13.3. The topological polar surface area (TPSA) is 61.9 Å². The highest BCUT2D eigenvalue weighted by molar-refractivity contribution is 9.10. The van der Waals surface area contributed by atoms with Gasteiger partial charge in [0.2, 0.25) is 0 Å². The van der Waals surface area contributed by atoms with Gasteiger partial charge in [0, 0.05) is 24.8 Å². The monoisotopic (exact) mass is 318 g/mol. The molecular formula is C13H11BrN4O. The summed E-state index contributed by atoms with van der Waals surface area (Å²) in [6.07, 6.45) is 1.67. The van der Waals surface area contributed by atoms with Crippen LogP contribution in [0.5, 0.6) is 0 Å². The van der Waals surface area contributed by atoms with Gasteiger partial charge in [0.1, 0.15) is 6.07 Å². The summed E-state index contributed by atoms with van der Waals surface area (Å²) in [6, 6.07) is 9.01. The van der Waals surface area contributed by atoms with Gasteiger partial charge in [0.15, 0.2) is 5.69 Å². The van der Waals surface area contributed by atoms with Crippen LogP contribution in [0.4, 0.5) is 0 Å². The van der Waals surface area contributed by atoms with Gasteiger partial charge in [-0.25, -0.2) is 4.68 Å². The Balaban J connectivity index is 2.47. The van der Waals surface area contributed by atoms with Crippen molar-refractivity contribution in [3.05, 3.63) is 46.2 Å². The molecule has 1 amide bonds. The molecule has 1 heterocycles. The molecule has 0 bridgehead atoms. The molecule has 0 N–H and O–H groups in total. The van der Waals surface area contributed by atoms with Crippen LogP contribution in [0.15, 0.2) is 34.9 Å². The lowest BCUT2D eigenvalue weighted by Crippen LogP contribution is -2.22. The summed E-state index contributed by atoms with van der Waals surface area (Å²) in [7, 11) is 3.34. The van der Waals surface area contributed by atoms with Crippen LogP contribution < -0.4 is 0 Å². The number of rotatable bonds is 2. The molecule has 0 atom stereocenters. The van der Waals surface area contributed by atoms with Crippen molar-refractivity contribution in [2.75, 3.05) is 14.1 Å². The molecule has 19 heavy (non-hydrogen) atoms. The van der Waals surface area contributed by atoms with Crippen LogP contribution in [0, 0.1) is 11.3 Å². The fourth-order valence-corrected chi connectivity index (χ4v) is 1.94. The maximum Gasteiger partial charge on any atom is 0.273 e. The molecule has 0 fully saturated rings. The van der Waals surface area contributed by atoms with E-state index in [1.165, 1.54) is 9.58 Å². The number of benzene rings is 1. The van der Waals surface area contributed by atoms with Crippen LogP contribution in [0.3, 0.4) is 0 Å². The van der Waals surface area contributed by atoms with E-state index in [1.807, 2.05) is 0 Å². The predicted molar refractivity (Wildman–Crippen MR) is 74.0 cm³/mol. The third-order valence-electron chi connectivity index (χ3n) is 2.54. The van der Waals surface area contributed by atoms with E-state index in [0.29, 0.717) is 16.9 Å². The maximum absolute atomic E-state index is 11.8. The third-order valence-corrected chi connectivity index (χ3v) is 3.03. The number of nitrogens with zero attached hydrogens (tertiary/aromatic N) is 4. The quantitative estimate of drug-likeness (QED) is 0.852. The highest BCUT2D eigenvalue weighted by atomic mass is 79.9. The number of hydrogen-bond acceptors (Lipinski definition) is 3. The van der Waals surface area contributed by atoms with Crippen LogP contribution in [0.2, 0.25) is 0 Å². The highest BCUT2D eigenvalue weighted by Gasteiger charge is 2.13. The molecule has 0 saturated carbocycles. The molecule has 1 aromatic heterocycles. The minimum Gasteiger partial charge on any atom is -0.343 e. The Bertz CT molecular complexity index is 670. The number of aromatic nitrogens is 2. The van der Waals surface area contributed by atoms with Crippen LogP contribution in [0.25, 0.3) is 5.69 Å². The van der Waals surface area contributed by atoms with Gasteiger partial charge in [0.25, 0.3) is 5.91 Å². The number of halogens is 1. The van der Waals surface area contributed by atoms with E-state index in [1.54, 1.807) is 44.6 Å². The van der Waals surface area contributed by atoms with Crippen LogP contribution in [-0.2, 0) is 0 Å². The standard InChI is InChI=1S/C13H11BrN4O/c1-17(2)13(19)11-5-6-18(16-11)12-7-10(14)4-3-9(12)8-15/h3-7H,1-2H3. The van der Waals surface area contributed by atoms with Gasteiger partial charge >= 0.3 is 0 Å². The predicted octanol–water partition coefficient (Wildman–Crippen LogP) is 2.21. The molecule has 5 nitrogen and oxygen atoms in total. The Hall–Kier alpha value is -2.13. The second-order valence-corrected chi connectivity index (χ2v) is 5.03. The molecule has 6 heteroatoms. The Morgan fingerprint density at radius 1 is 1.42 bits per heavy atom. The third kappa shape index (κ3) is 2.66. The smallest absolute Gasteiger partial charge is 0.273 e. The zero-order valence-electron chi connectivity index (χ0n) is 10.5. The van der Waals surface area contributed by atoms with E-state index in [4.69, 9.17) is 5.26 Å². The van der Waals surface area contributed by atoms with Gasteiger partial charge in [0.05, 0.1) is 11.3 Å². The first-order chi connectivity index (χ1) is 9.02. The summed E-state index contributed by atoms with van der Waals surface area (Å²) in [4.78, 5) is 13.2. The minimum absolute atomic E-state index is 0.174. The van der Waals surface area contributed by atoms with Gasteiger partial charge in [-0.15, -0.1) is 0 Å². The number of hydrogen-bond donors (Lipinski definition) is 0. The van der Waals surface area contributed by atoms with E-state index < -0.39 is 0 Å². The summed E-state index contributed by atoms with van der Waals surface area (Å²) in [5.74, 6) is -0.174. The zero-order valence-corrected chi connectivity index (χ0v) is 12.0. The molecule has 1 aromatic carbocycles. The molecule has 0 radical (unpaired) electrons. The SMILES string of the molecule is CN(C)C(=O)c1ccn(-c2cc(Br)ccc2C#N)n1. The summed E-state index contributed by atoms with van der Waals surface area (Å²) in [6.45, 7) is 0. The first kappa shape index (κ1) is 13.3. The molecule has 96 valence electrons. The second kappa shape index (κ2) is 5.24. The number of carbonyl (C=O) groups excluding carboxylic acids is 1. The summed E-state index contributed by atoms with van der Waals surface area (Å²) < 4.78 is 2.37. The maximum atomic E-state index is 11.8. The minimum atomic E-state index is -0.174. The van der Waals surface area contributed by atoms with Crippen molar-refractivity contribution >= 4 is 21.8 Å². The van der Waals surface area contributed by atoms with Gasteiger partial charge in [-0.3, -0.25) is 4.79 Å². The number of nitriles is 1. The van der Waals surface area contributed by atoms with Crippen molar-refractivity contribution in [3.63, 3.8) is 0 Å². The van der Waals surface area contributed by atoms with Crippen LogP contribution in [-0.4, -0.2) is 34.7 Å². The van der Waals surface area contributed by atoms with Crippen LogP contribution in [0.1, 0.15) is 16.1 Å². The van der Waals surface area contributed by atoms with Gasteiger partial charge in [-0.1, -0.05) is 15.9 Å². The second-order valence-electron chi connectivity index (χ2n) is 4.12. The molecule has 0 aliphatic rings. The molecule has 0 unspecified atom stereocenters. The van der Waals surface area contributed by atoms with E-state index in [2.05, 4.69) is 27.1 Å². The van der Waals surface area contributed by atoms with E-state index in [0.717, 1.165) is 4.47 Å². The molecule has 0 spiro atoms. The Labute approximate surface area is 119 Å². The van der Waals surface area contributed by atoms with Gasteiger partial charge in [-0.2, -0.15) is 10.4 Å². The molecule has 2 rings (SSSR count). The van der Waals surface area contributed by atoms with Crippen molar-refractivity contribution in [1.29, 1.82) is 5.26 Å². The Morgan fingerprint density at radius 2 is 2.16 bits per heavy atom. The van der Waals surface area contributed by atoms with E-state index in [9.17, 15) is 4.79 Å². The largest absolute Gasteiger partial charge is 0.343 e. The number of carbonyl (C=O) groups is 1. The van der Waals surface area contributed by atoms with E-state index >= 15 is 0 Å². The zero-order chi connectivity index (χ0) is 14.0. The van der Waals surface area contributed by atoms with Crippen molar-refractivity contribution in [1.82, 2.24) is 14.7 Å². The normalized spacial score (nSPS) is 10.0. The lowest BCUT2D eigenvalue weighted by molar-refractivity contribution is 0.0821. The molecule has 0 aliphatic carbocycles. The fraction of sp³-hybridized carbons (Fsp3) is 0.154. The average Bonchev–Trinajstić information content (AvgIpc) is 2.87. The summed E-state index contributed by atoms with van der Waals surface area (Å²) in [5.41, 5.74) is 1.47.